The number of halogens is 5. The van der Waals surface area contributed by atoms with Crippen molar-refractivity contribution in [1.29, 1.82) is 0 Å². The summed E-state index contributed by atoms with van der Waals surface area (Å²) in [7, 11) is 0. The Morgan fingerprint density at radius 1 is 1.06 bits per heavy atom. The van der Waals surface area contributed by atoms with E-state index in [0.29, 0.717) is 31.4 Å². The molecule has 2 aliphatic rings. The zero-order valence-corrected chi connectivity index (χ0v) is 18.9. The van der Waals surface area contributed by atoms with Crippen LogP contribution in [0.15, 0.2) is 46.9 Å². The van der Waals surface area contributed by atoms with Crippen LogP contribution in [-0.2, 0) is 15.7 Å². The normalized spacial score (nSPS) is 23.7. The summed E-state index contributed by atoms with van der Waals surface area (Å²) in [5.74, 6) is -1.23. The van der Waals surface area contributed by atoms with Crippen LogP contribution in [0.5, 0.6) is 0 Å². The molecule has 0 saturated heterocycles. The molecule has 0 aliphatic heterocycles. The molecule has 172 valence electrons. The molecule has 2 aromatic carbocycles. The fraction of sp³-hybridized carbons (Fsp3) is 0.458. The fourth-order valence-electron chi connectivity index (χ4n) is 4.21. The summed E-state index contributed by atoms with van der Waals surface area (Å²) in [6.07, 6.45) is -0.526. The molecule has 3 nitrogen and oxygen atoms in total. The van der Waals surface area contributed by atoms with Gasteiger partial charge in [-0.1, -0.05) is 28.1 Å². The Bertz CT molecular complexity index is 959. The number of nitrogens with one attached hydrogen (secondary N) is 1. The Morgan fingerprint density at radius 2 is 1.78 bits per heavy atom. The lowest BCUT2D eigenvalue weighted by molar-refractivity contribution is -0.137. The molecule has 3 atom stereocenters. The Hall–Kier alpha value is -1.93. The van der Waals surface area contributed by atoms with Gasteiger partial charge in [0.05, 0.1) is 17.4 Å². The molecule has 4 rings (SSSR count). The van der Waals surface area contributed by atoms with E-state index in [1.165, 1.54) is 12.8 Å². The lowest BCUT2D eigenvalue weighted by atomic mass is 9.76. The second-order valence-corrected chi connectivity index (χ2v) is 9.65. The number of carbonyl (C=O) groups excluding carboxylic acids is 1. The Morgan fingerprint density at radius 3 is 2.41 bits per heavy atom. The van der Waals surface area contributed by atoms with Gasteiger partial charge in [0, 0.05) is 17.0 Å². The zero-order valence-electron chi connectivity index (χ0n) is 17.3. The molecule has 0 radical (unpaired) electrons. The van der Waals surface area contributed by atoms with Gasteiger partial charge in [0.15, 0.2) is 0 Å². The number of hydrogen-bond acceptors (Lipinski definition) is 2. The first-order chi connectivity index (χ1) is 15.2. The maximum Gasteiger partial charge on any atom is 0.416 e. The highest BCUT2D eigenvalue weighted by Crippen LogP contribution is 2.40. The lowest BCUT2D eigenvalue weighted by Gasteiger charge is -2.34. The lowest BCUT2D eigenvalue weighted by Crippen LogP contribution is -2.35. The van der Waals surface area contributed by atoms with E-state index in [1.54, 1.807) is 0 Å². The number of carbonyl (C=O) groups is 1. The molecule has 0 heterocycles. The van der Waals surface area contributed by atoms with Crippen molar-refractivity contribution in [2.75, 3.05) is 11.9 Å². The van der Waals surface area contributed by atoms with E-state index in [-0.39, 0.29) is 17.7 Å². The number of rotatable bonds is 6. The van der Waals surface area contributed by atoms with Crippen molar-refractivity contribution in [1.82, 2.24) is 0 Å². The van der Waals surface area contributed by atoms with E-state index in [2.05, 4.69) is 21.2 Å². The minimum absolute atomic E-state index is 0.0915. The maximum absolute atomic E-state index is 14.2. The molecule has 2 aliphatic carbocycles. The van der Waals surface area contributed by atoms with Crippen LogP contribution < -0.4 is 5.32 Å². The second kappa shape index (κ2) is 9.51. The van der Waals surface area contributed by atoms with Crippen molar-refractivity contribution < 1.29 is 27.1 Å². The van der Waals surface area contributed by atoms with Gasteiger partial charge in [-0.2, -0.15) is 13.2 Å². The molecule has 0 aromatic heterocycles. The third-order valence-corrected chi connectivity index (χ3v) is 6.72. The predicted molar refractivity (Wildman–Crippen MR) is 117 cm³/mol. The molecule has 2 saturated carbocycles. The van der Waals surface area contributed by atoms with Crippen molar-refractivity contribution >= 4 is 27.5 Å². The van der Waals surface area contributed by atoms with Crippen LogP contribution in [0, 0.1) is 17.7 Å². The molecule has 1 N–H and O–H groups in total. The van der Waals surface area contributed by atoms with Gasteiger partial charge < -0.3 is 10.1 Å². The Labute approximate surface area is 192 Å². The van der Waals surface area contributed by atoms with Crippen LogP contribution in [0.2, 0.25) is 0 Å². The largest absolute Gasteiger partial charge is 0.416 e. The number of anilines is 1. The van der Waals surface area contributed by atoms with Gasteiger partial charge in [-0.3, -0.25) is 4.79 Å². The molecule has 1 amide bonds. The summed E-state index contributed by atoms with van der Waals surface area (Å²) in [6, 6.07) is 10.1. The van der Waals surface area contributed by atoms with Crippen LogP contribution in [0.4, 0.5) is 23.2 Å². The zero-order chi connectivity index (χ0) is 22.9. The highest BCUT2D eigenvalue weighted by Gasteiger charge is 2.36. The van der Waals surface area contributed by atoms with E-state index in [1.807, 2.05) is 24.3 Å². The predicted octanol–water partition coefficient (Wildman–Crippen LogP) is 6.92. The van der Waals surface area contributed by atoms with Crippen molar-refractivity contribution in [3.63, 3.8) is 0 Å². The SMILES string of the molecule is O=C(Nc1ccc(C(F)(F)F)cc1F)C1CC(OCC2CC2)CC(c2ccc(Br)cc2)C1. The van der Waals surface area contributed by atoms with Crippen molar-refractivity contribution in [2.24, 2.45) is 11.8 Å². The van der Waals surface area contributed by atoms with Gasteiger partial charge in [0.25, 0.3) is 0 Å². The van der Waals surface area contributed by atoms with E-state index < -0.39 is 29.4 Å². The molecule has 32 heavy (non-hydrogen) atoms. The molecular formula is C24H24BrF4NO2. The van der Waals surface area contributed by atoms with Crippen molar-refractivity contribution in [2.45, 2.75) is 50.3 Å². The van der Waals surface area contributed by atoms with E-state index in [0.717, 1.165) is 28.6 Å². The summed E-state index contributed by atoms with van der Waals surface area (Å²) in [5.41, 5.74) is -0.231. The Balaban J connectivity index is 1.48. The van der Waals surface area contributed by atoms with Gasteiger partial charge in [-0.25, -0.2) is 4.39 Å². The summed E-state index contributed by atoms with van der Waals surface area (Å²) >= 11 is 3.43. The van der Waals surface area contributed by atoms with Gasteiger partial charge in [0.2, 0.25) is 5.91 Å². The van der Waals surface area contributed by atoms with E-state index in [9.17, 15) is 22.4 Å². The maximum atomic E-state index is 14.2. The second-order valence-electron chi connectivity index (χ2n) is 8.73. The minimum atomic E-state index is -4.64. The van der Waals surface area contributed by atoms with Gasteiger partial charge in [0.1, 0.15) is 5.82 Å². The van der Waals surface area contributed by atoms with Crippen LogP contribution in [-0.4, -0.2) is 18.6 Å². The summed E-state index contributed by atoms with van der Waals surface area (Å²) in [5, 5.41) is 2.49. The molecule has 0 spiro atoms. The monoisotopic (exact) mass is 513 g/mol. The smallest absolute Gasteiger partial charge is 0.378 e. The number of alkyl halides is 3. The van der Waals surface area contributed by atoms with Crippen molar-refractivity contribution in [3.05, 3.63) is 63.9 Å². The van der Waals surface area contributed by atoms with E-state index in [4.69, 9.17) is 4.74 Å². The fourth-order valence-corrected chi connectivity index (χ4v) is 4.47. The highest BCUT2D eigenvalue weighted by atomic mass is 79.9. The first-order valence-electron chi connectivity index (χ1n) is 10.7. The summed E-state index contributed by atoms with van der Waals surface area (Å²) in [6.45, 7) is 0.680. The summed E-state index contributed by atoms with van der Waals surface area (Å²) in [4.78, 5) is 13.0. The molecule has 0 bridgehead atoms. The van der Waals surface area contributed by atoms with Crippen LogP contribution in [0.25, 0.3) is 0 Å². The van der Waals surface area contributed by atoms with Crippen molar-refractivity contribution in [3.8, 4) is 0 Å². The topological polar surface area (TPSA) is 38.3 Å². The van der Waals surface area contributed by atoms with Crippen LogP contribution in [0.1, 0.15) is 49.1 Å². The van der Waals surface area contributed by atoms with E-state index >= 15 is 0 Å². The average Bonchev–Trinajstić information content (AvgIpc) is 3.58. The third kappa shape index (κ3) is 5.90. The standard InChI is InChI=1S/C24H24BrF4NO2/c25-19-6-3-15(4-7-19)16-9-17(11-20(10-16)32-13-14-1-2-14)23(31)30-22-8-5-18(12-21(22)26)24(27,28)29/h3-8,12,14,16-17,20H,1-2,9-11,13H2,(H,30,31). The van der Waals surface area contributed by atoms with Gasteiger partial charge >= 0.3 is 6.18 Å². The number of benzene rings is 2. The van der Waals surface area contributed by atoms with Gasteiger partial charge in [-0.15, -0.1) is 0 Å². The number of ether oxygens (including phenoxy) is 1. The first kappa shape index (κ1) is 23.2. The molecule has 2 aromatic rings. The number of hydrogen-bond donors (Lipinski definition) is 1. The van der Waals surface area contributed by atoms with Crippen LogP contribution >= 0.6 is 15.9 Å². The highest BCUT2D eigenvalue weighted by molar-refractivity contribution is 9.10. The van der Waals surface area contributed by atoms with Gasteiger partial charge in [-0.05, 0) is 79.8 Å². The molecular weight excluding hydrogens is 490 g/mol. The third-order valence-electron chi connectivity index (χ3n) is 6.19. The summed E-state index contributed by atoms with van der Waals surface area (Å²) < 4.78 is 59.7. The Kier molecular flexibility index (Phi) is 6.91. The average molecular weight is 514 g/mol. The molecule has 2 fully saturated rings. The molecule has 8 heteroatoms. The first-order valence-corrected chi connectivity index (χ1v) is 11.5. The number of amides is 1. The quantitative estimate of drug-likeness (QED) is 0.425. The van der Waals surface area contributed by atoms with Crippen LogP contribution in [0.3, 0.4) is 0 Å². The minimum Gasteiger partial charge on any atom is -0.378 e. The molecule has 3 unspecified atom stereocenters.